The maximum absolute atomic E-state index is 12.9. The fraction of sp³-hybridized carbons (Fsp3) is 0.700. The summed E-state index contributed by atoms with van der Waals surface area (Å²) in [5, 5.41) is 5.68. The topological polar surface area (TPSA) is 72.3 Å². The number of hydrogen-bond acceptors (Lipinski definition) is 5. The monoisotopic (exact) mass is 473 g/mol. The Labute approximate surface area is 189 Å². The van der Waals surface area contributed by atoms with Gasteiger partial charge in [0.1, 0.15) is 11.9 Å². The van der Waals surface area contributed by atoms with Gasteiger partial charge in [0.25, 0.3) is 0 Å². The molecular weight excluding hydrogens is 438 g/mol. The van der Waals surface area contributed by atoms with Gasteiger partial charge in [0, 0.05) is 33.0 Å². The molecule has 2 atom stereocenters. The van der Waals surface area contributed by atoms with E-state index in [0.717, 1.165) is 22.5 Å². The molecule has 0 aromatic carbocycles. The molecule has 0 unspecified atom stereocenters. The van der Waals surface area contributed by atoms with Crippen molar-refractivity contribution in [2.24, 2.45) is 0 Å². The highest BCUT2D eigenvalue weighted by atomic mass is 35.5. The predicted octanol–water partition coefficient (Wildman–Crippen LogP) is 4.05. The van der Waals surface area contributed by atoms with E-state index in [1.807, 2.05) is 39.5 Å². The fourth-order valence-corrected chi connectivity index (χ4v) is 4.61. The van der Waals surface area contributed by atoms with Crippen molar-refractivity contribution in [3.63, 3.8) is 0 Å². The van der Waals surface area contributed by atoms with E-state index >= 15 is 0 Å². The van der Waals surface area contributed by atoms with Crippen LogP contribution in [0.4, 0.5) is 0 Å². The maximum Gasteiger partial charge on any atom is 0.140 e. The van der Waals surface area contributed by atoms with Crippen molar-refractivity contribution in [3.05, 3.63) is 23.1 Å². The van der Waals surface area contributed by atoms with Crippen LogP contribution in [0.5, 0.6) is 0 Å². The molecule has 0 radical (unpaired) electrons. The van der Waals surface area contributed by atoms with Crippen molar-refractivity contribution in [3.8, 4) is 0 Å². The highest BCUT2D eigenvalue weighted by molar-refractivity contribution is 7.84. The number of hydrogen-bond donors (Lipinski definition) is 1. The van der Waals surface area contributed by atoms with Crippen LogP contribution in [0.3, 0.4) is 0 Å². The molecule has 2 aromatic rings. The van der Waals surface area contributed by atoms with E-state index in [0.29, 0.717) is 25.0 Å². The van der Waals surface area contributed by atoms with Crippen molar-refractivity contribution in [2.75, 3.05) is 27.2 Å². The standard InChI is InChI=1S/C20H36ClN5O2SSi/c1-20(2,3)29(27)24-17(13-25(4)5)15-11-22-19(21)16-12-23-26(18(15)16)14-28-9-10-30(6,7)8/h11-12,17,24H,9-10,13-14H2,1-8H3/t17-,29+/m1/s1. The minimum absolute atomic E-state index is 0.204. The van der Waals surface area contributed by atoms with Crippen LogP contribution in [0, 0.1) is 0 Å². The third-order valence-corrected chi connectivity index (χ3v) is 8.21. The number of nitrogens with zero attached hydrogens (tertiary/aromatic N) is 4. The molecule has 2 rings (SSSR count). The second-order valence-electron chi connectivity index (χ2n) is 10.1. The quantitative estimate of drug-likeness (QED) is 0.320. The molecule has 0 aliphatic rings. The predicted molar refractivity (Wildman–Crippen MR) is 129 cm³/mol. The van der Waals surface area contributed by atoms with Gasteiger partial charge in [-0.3, -0.25) is 0 Å². The van der Waals surface area contributed by atoms with E-state index in [4.69, 9.17) is 16.3 Å². The smallest absolute Gasteiger partial charge is 0.140 e. The molecule has 170 valence electrons. The summed E-state index contributed by atoms with van der Waals surface area (Å²) in [4.78, 5) is 6.43. The van der Waals surface area contributed by atoms with Crippen molar-refractivity contribution in [1.29, 1.82) is 0 Å². The lowest BCUT2D eigenvalue weighted by Crippen LogP contribution is -2.39. The molecule has 0 spiro atoms. The maximum atomic E-state index is 12.9. The Kier molecular flexibility index (Phi) is 8.63. The van der Waals surface area contributed by atoms with E-state index in [9.17, 15) is 4.21 Å². The van der Waals surface area contributed by atoms with Gasteiger partial charge < -0.3 is 9.64 Å². The third kappa shape index (κ3) is 7.10. The highest BCUT2D eigenvalue weighted by Crippen LogP contribution is 2.29. The van der Waals surface area contributed by atoms with Crippen molar-refractivity contribution in [1.82, 2.24) is 24.4 Å². The largest absolute Gasteiger partial charge is 0.360 e. The molecule has 30 heavy (non-hydrogen) atoms. The molecule has 1 N–H and O–H groups in total. The molecule has 2 aromatic heterocycles. The molecule has 0 bridgehead atoms. The Hall–Kier alpha value is -0.843. The number of aromatic nitrogens is 3. The molecule has 0 aliphatic carbocycles. The molecule has 0 fully saturated rings. The number of pyridine rings is 1. The summed E-state index contributed by atoms with van der Waals surface area (Å²) in [5.74, 6) is 0. The first-order valence-electron chi connectivity index (χ1n) is 10.2. The Balaban J connectivity index is 2.38. The van der Waals surface area contributed by atoms with Crippen molar-refractivity contribution in [2.45, 2.75) is 64.0 Å². The average Bonchev–Trinajstić information content (AvgIpc) is 3.01. The second-order valence-corrected chi connectivity index (χ2v) is 18.0. The molecule has 7 nitrogen and oxygen atoms in total. The van der Waals surface area contributed by atoms with Crippen LogP contribution in [-0.4, -0.2) is 63.9 Å². The van der Waals surface area contributed by atoms with Gasteiger partial charge in [-0.1, -0.05) is 31.2 Å². The summed E-state index contributed by atoms with van der Waals surface area (Å²) >= 11 is 6.36. The molecule has 10 heteroatoms. The molecule has 0 amide bonds. The number of likely N-dealkylation sites (N-methyl/N-ethyl adjacent to an activating group) is 1. The Morgan fingerprint density at radius 1 is 1.30 bits per heavy atom. The summed E-state index contributed by atoms with van der Waals surface area (Å²) in [7, 11) is 1.59. The molecule has 0 saturated carbocycles. The van der Waals surface area contributed by atoms with Crippen LogP contribution >= 0.6 is 11.6 Å². The first-order chi connectivity index (χ1) is 13.8. The van der Waals surface area contributed by atoms with Crippen LogP contribution in [0.25, 0.3) is 10.9 Å². The van der Waals surface area contributed by atoms with Crippen LogP contribution in [0.1, 0.15) is 32.4 Å². The van der Waals surface area contributed by atoms with Gasteiger partial charge >= 0.3 is 0 Å². The van der Waals surface area contributed by atoms with Crippen LogP contribution in [0.2, 0.25) is 30.8 Å². The van der Waals surface area contributed by atoms with E-state index in [-0.39, 0.29) is 10.8 Å². The SMILES string of the molecule is CN(C)C[C@@H](N[S@@](=O)C(C)(C)C)c1cnc(Cl)c2cnn(COCC[Si](C)(C)C)c12. The van der Waals surface area contributed by atoms with Gasteiger partial charge in [0.05, 0.1) is 38.9 Å². The summed E-state index contributed by atoms with van der Waals surface area (Å²) in [5.41, 5.74) is 1.78. The van der Waals surface area contributed by atoms with Gasteiger partial charge in [-0.05, 0) is 40.9 Å². The summed E-state index contributed by atoms with van der Waals surface area (Å²) < 4.78 is 23.5. The number of ether oxygens (including phenoxy) is 1. The van der Waals surface area contributed by atoms with Crippen molar-refractivity contribution < 1.29 is 8.95 Å². The van der Waals surface area contributed by atoms with Gasteiger partial charge in [-0.15, -0.1) is 0 Å². The zero-order valence-corrected chi connectivity index (χ0v) is 22.0. The zero-order chi connectivity index (χ0) is 22.7. The number of halogens is 1. The first kappa shape index (κ1) is 25.4. The molecule has 0 saturated heterocycles. The van der Waals surface area contributed by atoms with E-state index in [2.05, 4.69) is 39.3 Å². The normalized spacial score (nSPS) is 15.1. The Morgan fingerprint density at radius 3 is 2.53 bits per heavy atom. The minimum atomic E-state index is -1.24. The summed E-state index contributed by atoms with van der Waals surface area (Å²) in [6.45, 7) is 14.6. The fourth-order valence-electron chi connectivity index (χ4n) is 2.85. The average molecular weight is 474 g/mol. The Morgan fingerprint density at radius 2 is 1.97 bits per heavy atom. The number of fused-ring (bicyclic) bond motifs is 1. The third-order valence-electron chi connectivity index (χ3n) is 4.59. The van der Waals surface area contributed by atoms with Gasteiger partial charge in [-0.2, -0.15) is 5.10 Å². The minimum Gasteiger partial charge on any atom is -0.360 e. The molecular formula is C20H36ClN5O2SSi. The van der Waals surface area contributed by atoms with E-state index in [1.165, 1.54) is 0 Å². The first-order valence-corrected chi connectivity index (χ1v) is 15.4. The van der Waals surface area contributed by atoms with Gasteiger partial charge in [0.2, 0.25) is 0 Å². The molecule has 0 aliphatic heterocycles. The highest BCUT2D eigenvalue weighted by Gasteiger charge is 2.27. The number of nitrogens with one attached hydrogen (secondary N) is 1. The second kappa shape index (κ2) is 10.2. The van der Waals surface area contributed by atoms with E-state index in [1.54, 1.807) is 12.4 Å². The van der Waals surface area contributed by atoms with E-state index < -0.39 is 19.1 Å². The summed E-state index contributed by atoms with van der Waals surface area (Å²) in [6.07, 6.45) is 3.48. The van der Waals surface area contributed by atoms with Crippen LogP contribution in [0.15, 0.2) is 12.4 Å². The lowest BCUT2D eigenvalue weighted by atomic mass is 10.1. The lowest BCUT2D eigenvalue weighted by Gasteiger charge is -2.27. The number of rotatable bonds is 10. The summed E-state index contributed by atoms with van der Waals surface area (Å²) in [6, 6.07) is 0.890. The van der Waals surface area contributed by atoms with Crippen LogP contribution in [-0.2, 0) is 22.5 Å². The lowest BCUT2D eigenvalue weighted by molar-refractivity contribution is 0.0815. The van der Waals surface area contributed by atoms with Crippen molar-refractivity contribution >= 4 is 41.6 Å². The van der Waals surface area contributed by atoms with Gasteiger partial charge in [0.15, 0.2) is 0 Å². The Bertz CT molecular complexity index is 876. The zero-order valence-electron chi connectivity index (χ0n) is 19.5. The van der Waals surface area contributed by atoms with Crippen LogP contribution < -0.4 is 4.72 Å². The molecule has 2 heterocycles. The van der Waals surface area contributed by atoms with Gasteiger partial charge in [-0.25, -0.2) is 18.6 Å².